The second-order valence-electron chi connectivity index (χ2n) is 14.7. The third kappa shape index (κ3) is 10.9. The molecule has 6 aromatic carbocycles. The minimum absolute atomic E-state index is 0.0282. The molecule has 9 heteroatoms. The van der Waals surface area contributed by atoms with Crippen LogP contribution in [0.5, 0.6) is 17.2 Å². The Hall–Kier alpha value is -6.10. The molecule has 0 amide bonds. The fourth-order valence-electron chi connectivity index (χ4n) is 7.33. The van der Waals surface area contributed by atoms with Gasteiger partial charge in [-0.3, -0.25) is 9.59 Å². The van der Waals surface area contributed by atoms with E-state index in [4.69, 9.17) is 33.2 Å². The first kappa shape index (κ1) is 42.0. The van der Waals surface area contributed by atoms with Crippen LogP contribution in [0.3, 0.4) is 0 Å². The fourth-order valence-corrected chi connectivity index (χ4v) is 7.33. The zero-order chi connectivity index (χ0) is 41.7. The maximum Gasteiger partial charge on any atom is 0.308 e. The van der Waals surface area contributed by atoms with Crippen molar-refractivity contribution in [2.24, 2.45) is 0 Å². The summed E-state index contributed by atoms with van der Waals surface area (Å²) in [5.74, 6) is -0.559. The maximum absolute atomic E-state index is 13.8. The van der Waals surface area contributed by atoms with Gasteiger partial charge in [-0.05, 0) is 41.7 Å². The Morgan fingerprint density at radius 2 is 0.883 bits per heavy atom. The van der Waals surface area contributed by atoms with Gasteiger partial charge in [0.25, 0.3) is 0 Å². The molecule has 6 aromatic rings. The first-order valence-corrected chi connectivity index (χ1v) is 20.2. The van der Waals surface area contributed by atoms with Gasteiger partial charge in [0.15, 0.2) is 11.5 Å². The highest BCUT2D eigenvalue weighted by molar-refractivity contribution is 6.01. The third-order valence-electron chi connectivity index (χ3n) is 10.2. The number of Topliss-reactive ketones (excluding diaryl/α,β-unsaturated/α-hetero) is 1. The van der Waals surface area contributed by atoms with E-state index in [1.54, 1.807) is 6.07 Å². The molecular formula is C51H50O9. The normalized spacial score (nSPS) is 18.7. The van der Waals surface area contributed by atoms with Gasteiger partial charge in [-0.25, -0.2) is 0 Å². The second-order valence-corrected chi connectivity index (χ2v) is 14.7. The Morgan fingerprint density at radius 3 is 1.30 bits per heavy atom. The van der Waals surface area contributed by atoms with E-state index in [9.17, 15) is 9.59 Å². The average molecular weight is 807 g/mol. The van der Waals surface area contributed by atoms with Gasteiger partial charge in [-0.15, -0.1) is 0 Å². The number of ketones is 1. The molecule has 308 valence electrons. The van der Waals surface area contributed by atoms with Crippen molar-refractivity contribution >= 4 is 11.8 Å². The molecule has 7 rings (SSSR count). The van der Waals surface area contributed by atoms with Gasteiger partial charge in [0, 0.05) is 13.0 Å². The molecule has 0 N–H and O–H groups in total. The molecule has 0 aromatic heterocycles. The third-order valence-corrected chi connectivity index (χ3v) is 10.2. The van der Waals surface area contributed by atoms with E-state index in [0.29, 0.717) is 17.9 Å². The fraction of sp³-hybridized carbons (Fsp3) is 0.255. The van der Waals surface area contributed by atoms with E-state index in [1.807, 2.05) is 159 Å². The zero-order valence-electron chi connectivity index (χ0n) is 34.1. The summed E-state index contributed by atoms with van der Waals surface area (Å²) in [6.07, 6.45) is -3.80. The van der Waals surface area contributed by atoms with E-state index >= 15 is 0 Å². The summed E-state index contributed by atoms with van der Waals surface area (Å²) in [5.41, 5.74) is 5.05. The first-order valence-electron chi connectivity index (χ1n) is 20.2. The topological polar surface area (TPSA) is 98.8 Å². The van der Waals surface area contributed by atoms with Crippen LogP contribution in [-0.2, 0) is 56.8 Å². The van der Waals surface area contributed by atoms with Crippen molar-refractivity contribution in [1.29, 1.82) is 0 Å². The lowest BCUT2D eigenvalue weighted by atomic mass is 9.88. The van der Waals surface area contributed by atoms with Gasteiger partial charge in [-0.2, -0.15) is 0 Å². The monoisotopic (exact) mass is 806 g/mol. The minimum atomic E-state index is -0.998. The number of benzene rings is 6. The Labute approximate surface area is 351 Å². The van der Waals surface area contributed by atoms with Crippen LogP contribution in [0.15, 0.2) is 158 Å². The number of hydrogen-bond donors (Lipinski definition) is 0. The number of ether oxygens (including phenoxy) is 7. The Balaban J connectivity index is 1.38. The van der Waals surface area contributed by atoms with Crippen molar-refractivity contribution in [2.45, 2.75) is 84.3 Å². The highest BCUT2D eigenvalue weighted by atomic mass is 16.6. The smallest absolute Gasteiger partial charge is 0.308 e. The van der Waals surface area contributed by atoms with E-state index in [0.717, 1.165) is 27.8 Å². The summed E-state index contributed by atoms with van der Waals surface area (Å²) in [6.45, 7) is 5.67. The molecule has 0 unspecified atom stereocenters. The van der Waals surface area contributed by atoms with E-state index < -0.39 is 36.5 Å². The molecule has 0 spiro atoms. The van der Waals surface area contributed by atoms with Gasteiger partial charge >= 0.3 is 5.97 Å². The zero-order valence-corrected chi connectivity index (χ0v) is 34.1. The van der Waals surface area contributed by atoms with Gasteiger partial charge in [0.05, 0.1) is 31.5 Å². The number of esters is 1. The van der Waals surface area contributed by atoms with Gasteiger partial charge in [0.1, 0.15) is 54.7 Å². The molecule has 60 heavy (non-hydrogen) atoms. The molecule has 1 aliphatic heterocycles. The predicted molar refractivity (Wildman–Crippen MR) is 228 cm³/mol. The molecular weight excluding hydrogens is 757 g/mol. The van der Waals surface area contributed by atoms with Crippen molar-refractivity contribution in [2.75, 3.05) is 0 Å². The van der Waals surface area contributed by atoms with Crippen LogP contribution in [0.1, 0.15) is 70.6 Å². The number of rotatable bonds is 18. The summed E-state index contributed by atoms with van der Waals surface area (Å²) in [5, 5.41) is 0. The molecule has 1 aliphatic rings. The molecule has 1 fully saturated rings. The highest BCUT2D eigenvalue weighted by Gasteiger charge is 2.50. The summed E-state index contributed by atoms with van der Waals surface area (Å²) in [7, 11) is 0. The molecule has 1 heterocycles. The van der Waals surface area contributed by atoms with Crippen LogP contribution in [0, 0.1) is 0 Å². The van der Waals surface area contributed by atoms with Crippen LogP contribution < -0.4 is 14.2 Å². The van der Waals surface area contributed by atoms with Crippen molar-refractivity contribution in [3.8, 4) is 17.2 Å². The Bertz CT molecular complexity index is 2270. The lowest BCUT2D eigenvalue weighted by Gasteiger charge is -2.46. The van der Waals surface area contributed by atoms with E-state index in [-0.39, 0.29) is 49.3 Å². The van der Waals surface area contributed by atoms with E-state index in [2.05, 4.69) is 0 Å². The minimum Gasteiger partial charge on any atom is -0.488 e. The molecule has 1 saturated heterocycles. The predicted octanol–water partition coefficient (Wildman–Crippen LogP) is 10.2. The van der Waals surface area contributed by atoms with Crippen LogP contribution in [0.25, 0.3) is 0 Å². The second kappa shape index (κ2) is 20.7. The summed E-state index contributed by atoms with van der Waals surface area (Å²) < 4.78 is 46.7. The van der Waals surface area contributed by atoms with Crippen molar-refractivity contribution in [3.63, 3.8) is 0 Å². The molecule has 0 radical (unpaired) electrons. The molecule has 5 atom stereocenters. The van der Waals surface area contributed by atoms with E-state index in [1.165, 1.54) is 13.8 Å². The van der Waals surface area contributed by atoms with Gasteiger partial charge in [-0.1, -0.05) is 152 Å². The van der Waals surface area contributed by atoms with Crippen LogP contribution in [0.2, 0.25) is 0 Å². The number of hydrogen-bond acceptors (Lipinski definition) is 9. The number of carbonyl (C=O) groups excluding carboxylic acids is 2. The SMILES string of the molecule is CC(=O)Oc1c(C(C)=O)c(OCc2ccccc2)cc(OCc2ccccc2)c1[C@@H]1O[C@@H](C)[C@H](OCc2ccccc2)[C@@H](OCc2ccccc2)[C@H]1OCc1ccccc1. The largest absolute Gasteiger partial charge is 0.488 e. The first-order chi connectivity index (χ1) is 29.3. The van der Waals surface area contributed by atoms with Crippen LogP contribution >= 0.6 is 0 Å². The van der Waals surface area contributed by atoms with Crippen molar-refractivity contribution < 1.29 is 42.7 Å². The Morgan fingerprint density at radius 1 is 0.500 bits per heavy atom. The van der Waals surface area contributed by atoms with Gasteiger partial charge < -0.3 is 33.2 Å². The lowest BCUT2D eigenvalue weighted by Crippen LogP contribution is -2.56. The van der Waals surface area contributed by atoms with Crippen molar-refractivity contribution in [3.05, 3.63) is 197 Å². The maximum atomic E-state index is 13.8. The number of carbonyl (C=O) groups is 2. The van der Waals surface area contributed by atoms with Crippen molar-refractivity contribution in [1.82, 2.24) is 0 Å². The highest BCUT2D eigenvalue weighted by Crippen LogP contribution is 2.49. The molecule has 0 saturated carbocycles. The summed E-state index contributed by atoms with van der Waals surface area (Å²) in [6, 6.07) is 50.6. The van der Waals surface area contributed by atoms with Crippen LogP contribution in [0.4, 0.5) is 0 Å². The molecule has 0 bridgehead atoms. The standard InChI is InChI=1S/C51H50O9/c1-35(52)45-43(54-30-38-19-9-4-10-20-38)29-44(55-31-39-21-11-5-12-22-39)46(48(45)60-37(3)53)49-51(58-34-42-27-17-8-18-28-42)50(57-33-41-25-15-7-16-26-41)47(36(2)59-49)56-32-40-23-13-6-14-24-40/h4-29,36,47,49-51H,30-34H2,1-3H3/t36-,47-,49-,50+,51-/m0/s1. The quantitative estimate of drug-likeness (QED) is 0.0478. The summed E-state index contributed by atoms with van der Waals surface area (Å²) >= 11 is 0. The molecule has 0 aliphatic carbocycles. The molecule has 9 nitrogen and oxygen atoms in total. The van der Waals surface area contributed by atoms with Gasteiger partial charge in [0.2, 0.25) is 0 Å². The Kier molecular flexibility index (Phi) is 14.5. The average Bonchev–Trinajstić information content (AvgIpc) is 3.27. The summed E-state index contributed by atoms with van der Waals surface area (Å²) in [4.78, 5) is 27.0. The lowest BCUT2D eigenvalue weighted by molar-refractivity contribution is -0.264. The van der Waals surface area contributed by atoms with Crippen LogP contribution in [-0.4, -0.2) is 36.2 Å².